The molecule has 4 nitrogen and oxygen atoms in total. The molecule has 0 bridgehead atoms. The SMILES string of the molecule is Cc1cncc(-c2ccc(C(=O)O)cc2OCc2ccccc2)c1. The fourth-order valence-corrected chi connectivity index (χ4v) is 2.45. The van der Waals surface area contributed by atoms with Gasteiger partial charge in [0.15, 0.2) is 0 Å². The number of rotatable bonds is 5. The molecular weight excluding hydrogens is 302 g/mol. The van der Waals surface area contributed by atoms with Gasteiger partial charge in [0.1, 0.15) is 12.4 Å². The van der Waals surface area contributed by atoms with Crippen molar-refractivity contribution in [3.05, 3.63) is 83.7 Å². The predicted octanol–water partition coefficient (Wildman–Crippen LogP) is 4.33. The highest BCUT2D eigenvalue weighted by molar-refractivity contribution is 5.89. The number of carbonyl (C=O) groups is 1. The van der Waals surface area contributed by atoms with E-state index in [1.807, 2.05) is 43.3 Å². The molecule has 3 aromatic rings. The second kappa shape index (κ2) is 6.96. The monoisotopic (exact) mass is 319 g/mol. The van der Waals surface area contributed by atoms with Crippen molar-refractivity contribution in [3.63, 3.8) is 0 Å². The summed E-state index contributed by atoms with van der Waals surface area (Å²) in [6.45, 7) is 2.34. The summed E-state index contributed by atoms with van der Waals surface area (Å²) in [7, 11) is 0. The van der Waals surface area contributed by atoms with E-state index in [2.05, 4.69) is 4.98 Å². The summed E-state index contributed by atoms with van der Waals surface area (Å²) in [5, 5.41) is 9.23. The van der Waals surface area contributed by atoms with Gasteiger partial charge in [0.2, 0.25) is 0 Å². The topological polar surface area (TPSA) is 59.4 Å². The maximum Gasteiger partial charge on any atom is 0.335 e. The highest BCUT2D eigenvalue weighted by Gasteiger charge is 2.12. The third kappa shape index (κ3) is 3.60. The van der Waals surface area contributed by atoms with E-state index in [1.165, 1.54) is 0 Å². The number of aromatic nitrogens is 1. The van der Waals surface area contributed by atoms with Crippen LogP contribution in [0, 0.1) is 6.92 Å². The van der Waals surface area contributed by atoms with E-state index in [0.717, 1.165) is 22.3 Å². The lowest BCUT2D eigenvalue weighted by molar-refractivity contribution is 0.0696. The molecule has 0 radical (unpaired) electrons. The Balaban J connectivity index is 1.97. The van der Waals surface area contributed by atoms with Gasteiger partial charge in [-0.05, 0) is 42.3 Å². The molecule has 0 spiro atoms. The van der Waals surface area contributed by atoms with Crippen molar-refractivity contribution in [1.82, 2.24) is 4.98 Å². The maximum atomic E-state index is 11.3. The number of pyridine rings is 1. The van der Waals surface area contributed by atoms with Crippen LogP contribution in [0.15, 0.2) is 67.0 Å². The first-order valence-corrected chi connectivity index (χ1v) is 7.59. The Bertz CT molecular complexity index is 860. The van der Waals surface area contributed by atoms with Gasteiger partial charge < -0.3 is 9.84 Å². The zero-order chi connectivity index (χ0) is 16.9. The Labute approximate surface area is 140 Å². The van der Waals surface area contributed by atoms with Crippen molar-refractivity contribution >= 4 is 5.97 Å². The van der Waals surface area contributed by atoms with E-state index < -0.39 is 5.97 Å². The maximum absolute atomic E-state index is 11.3. The fourth-order valence-electron chi connectivity index (χ4n) is 2.45. The standard InChI is InChI=1S/C20H17NO3/c1-14-9-17(12-21-11-14)18-8-7-16(20(22)23)10-19(18)24-13-15-5-3-2-4-6-15/h2-12H,13H2,1H3,(H,22,23). The van der Waals surface area contributed by atoms with Crippen LogP contribution in [0.3, 0.4) is 0 Å². The fraction of sp³-hybridized carbons (Fsp3) is 0.100. The van der Waals surface area contributed by atoms with E-state index in [9.17, 15) is 9.90 Å². The summed E-state index contributed by atoms with van der Waals surface area (Å²) < 4.78 is 5.92. The molecule has 4 heteroatoms. The summed E-state index contributed by atoms with van der Waals surface area (Å²) in [6.07, 6.45) is 3.53. The number of benzene rings is 2. The van der Waals surface area contributed by atoms with Crippen LogP contribution < -0.4 is 4.74 Å². The third-order valence-electron chi connectivity index (χ3n) is 3.65. The van der Waals surface area contributed by atoms with E-state index in [-0.39, 0.29) is 5.56 Å². The molecule has 0 aliphatic heterocycles. The normalized spacial score (nSPS) is 10.4. The Hall–Kier alpha value is -3.14. The van der Waals surface area contributed by atoms with Gasteiger partial charge in [-0.2, -0.15) is 0 Å². The van der Waals surface area contributed by atoms with Crippen molar-refractivity contribution in [2.75, 3.05) is 0 Å². The molecule has 120 valence electrons. The number of aryl methyl sites for hydroxylation is 1. The van der Waals surface area contributed by atoms with Crippen molar-refractivity contribution in [3.8, 4) is 16.9 Å². The molecule has 0 amide bonds. The average molecular weight is 319 g/mol. The molecule has 0 unspecified atom stereocenters. The van der Waals surface area contributed by atoms with E-state index in [1.54, 1.807) is 30.6 Å². The molecule has 2 aromatic carbocycles. The van der Waals surface area contributed by atoms with Gasteiger partial charge in [-0.15, -0.1) is 0 Å². The number of aromatic carboxylic acids is 1. The molecule has 0 saturated carbocycles. The number of hydrogen-bond donors (Lipinski definition) is 1. The molecule has 1 N–H and O–H groups in total. The summed E-state index contributed by atoms with van der Waals surface area (Å²) >= 11 is 0. The molecule has 0 atom stereocenters. The third-order valence-corrected chi connectivity index (χ3v) is 3.65. The van der Waals surface area contributed by atoms with Crippen LogP contribution in [-0.2, 0) is 6.61 Å². The Morgan fingerprint density at radius 2 is 1.88 bits per heavy atom. The van der Waals surface area contributed by atoms with Crippen LogP contribution in [0.4, 0.5) is 0 Å². The Kier molecular flexibility index (Phi) is 4.57. The lowest BCUT2D eigenvalue weighted by Gasteiger charge is -2.13. The lowest BCUT2D eigenvalue weighted by atomic mass is 10.0. The van der Waals surface area contributed by atoms with Crippen molar-refractivity contribution < 1.29 is 14.6 Å². The summed E-state index contributed by atoms with van der Waals surface area (Å²) in [5.41, 5.74) is 3.97. The van der Waals surface area contributed by atoms with Crippen LogP contribution in [0.25, 0.3) is 11.1 Å². The molecule has 0 aliphatic rings. The zero-order valence-corrected chi connectivity index (χ0v) is 13.3. The second-order valence-corrected chi connectivity index (χ2v) is 5.54. The molecule has 1 heterocycles. The number of carboxylic acids is 1. The highest BCUT2D eigenvalue weighted by atomic mass is 16.5. The van der Waals surface area contributed by atoms with E-state index >= 15 is 0 Å². The minimum atomic E-state index is -0.978. The van der Waals surface area contributed by atoms with Gasteiger partial charge in [-0.25, -0.2) is 4.79 Å². The van der Waals surface area contributed by atoms with Gasteiger partial charge in [-0.3, -0.25) is 4.98 Å². The molecule has 0 fully saturated rings. The van der Waals surface area contributed by atoms with Gasteiger partial charge in [0.25, 0.3) is 0 Å². The smallest absolute Gasteiger partial charge is 0.335 e. The molecule has 1 aromatic heterocycles. The number of ether oxygens (including phenoxy) is 1. The first kappa shape index (κ1) is 15.7. The molecule has 0 aliphatic carbocycles. The first-order valence-electron chi connectivity index (χ1n) is 7.59. The molecule has 3 rings (SSSR count). The highest BCUT2D eigenvalue weighted by Crippen LogP contribution is 2.31. The number of nitrogens with zero attached hydrogens (tertiary/aromatic N) is 1. The zero-order valence-electron chi connectivity index (χ0n) is 13.3. The molecule has 24 heavy (non-hydrogen) atoms. The van der Waals surface area contributed by atoms with E-state index in [4.69, 9.17) is 4.74 Å². The quantitative estimate of drug-likeness (QED) is 0.760. The average Bonchev–Trinajstić information content (AvgIpc) is 2.60. The minimum absolute atomic E-state index is 0.197. The van der Waals surface area contributed by atoms with Gasteiger partial charge in [-0.1, -0.05) is 30.3 Å². The molecule has 0 saturated heterocycles. The largest absolute Gasteiger partial charge is 0.488 e. The lowest BCUT2D eigenvalue weighted by Crippen LogP contribution is -2.01. The van der Waals surface area contributed by atoms with Crippen LogP contribution >= 0.6 is 0 Å². The van der Waals surface area contributed by atoms with Crippen LogP contribution in [-0.4, -0.2) is 16.1 Å². The van der Waals surface area contributed by atoms with Crippen LogP contribution in [0.5, 0.6) is 5.75 Å². The van der Waals surface area contributed by atoms with E-state index in [0.29, 0.717) is 12.4 Å². The van der Waals surface area contributed by atoms with Crippen LogP contribution in [0.1, 0.15) is 21.5 Å². The predicted molar refractivity (Wildman–Crippen MR) is 92.1 cm³/mol. The van der Waals surface area contributed by atoms with Gasteiger partial charge >= 0.3 is 5.97 Å². The second-order valence-electron chi connectivity index (χ2n) is 5.54. The van der Waals surface area contributed by atoms with Gasteiger partial charge in [0.05, 0.1) is 5.56 Å². The minimum Gasteiger partial charge on any atom is -0.488 e. The first-order chi connectivity index (χ1) is 11.6. The summed E-state index contributed by atoms with van der Waals surface area (Å²) in [6, 6.07) is 16.7. The number of carboxylic acid groups (broad SMARTS) is 1. The number of hydrogen-bond acceptors (Lipinski definition) is 3. The molecular formula is C20H17NO3. The summed E-state index contributed by atoms with van der Waals surface area (Å²) in [4.78, 5) is 15.5. The van der Waals surface area contributed by atoms with Crippen molar-refractivity contribution in [2.24, 2.45) is 0 Å². The van der Waals surface area contributed by atoms with Crippen LogP contribution in [0.2, 0.25) is 0 Å². The Morgan fingerprint density at radius 1 is 1.08 bits per heavy atom. The van der Waals surface area contributed by atoms with Crippen molar-refractivity contribution in [2.45, 2.75) is 13.5 Å². The van der Waals surface area contributed by atoms with Gasteiger partial charge in [0, 0.05) is 23.5 Å². The van der Waals surface area contributed by atoms with Crippen molar-refractivity contribution in [1.29, 1.82) is 0 Å². The summed E-state index contributed by atoms with van der Waals surface area (Å²) in [5.74, 6) is -0.445. The Morgan fingerprint density at radius 3 is 2.58 bits per heavy atom.